The fourth-order valence-corrected chi connectivity index (χ4v) is 3.32. The average Bonchev–Trinajstić information content (AvgIpc) is 2.96. The van der Waals surface area contributed by atoms with Gasteiger partial charge in [0.2, 0.25) is 0 Å². The number of primary amides is 1. The van der Waals surface area contributed by atoms with Gasteiger partial charge in [-0.2, -0.15) is 0 Å². The molecule has 1 unspecified atom stereocenters. The zero-order valence-electron chi connectivity index (χ0n) is 13.0. The number of H-pyrrole nitrogens is 1. The molecule has 1 aliphatic rings. The summed E-state index contributed by atoms with van der Waals surface area (Å²) >= 11 is 0. The van der Waals surface area contributed by atoms with Crippen molar-refractivity contribution in [3.8, 4) is 0 Å². The molecule has 1 aromatic heterocycles. The molecule has 0 saturated carbocycles. The van der Waals surface area contributed by atoms with E-state index < -0.39 is 42.5 Å². The van der Waals surface area contributed by atoms with Crippen LogP contribution >= 0.6 is 0 Å². The number of aliphatic hydroxyl groups excluding tert-OH is 4. The number of amides is 1. The highest BCUT2D eigenvalue weighted by Crippen LogP contribution is 2.41. The van der Waals surface area contributed by atoms with Crippen LogP contribution in [0, 0.1) is 0 Å². The highest BCUT2D eigenvalue weighted by atomic mass is 16.6. The topological polar surface area (TPSA) is 149 Å². The third-order valence-corrected chi connectivity index (χ3v) is 4.81. The third kappa shape index (κ3) is 2.23. The maximum absolute atomic E-state index is 12.0. The van der Waals surface area contributed by atoms with Gasteiger partial charge in [-0.05, 0) is 13.0 Å². The van der Waals surface area contributed by atoms with Gasteiger partial charge in [0.15, 0.2) is 6.29 Å². The molecule has 1 aromatic carbocycles. The molecule has 24 heavy (non-hydrogen) atoms. The molecular weight excluding hydrogens is 316 g/mol. The minimum Gasteiger partial charge on any atom is -0.394 e. The van der Waals surface area contributed by atoms with Crippen LogP contribution in [0.3, 0.4) is 0 Å². The number of carbonyl (C=O) groups excluding carboxylic acids is 1. The second-order valence-corrected chi connectivity index (χ2v) is 6.21. The van der Waals surface area contributed by atoms with Crippen LogP contribution in [0.25, 0.3) is 10.9 Å². The number of aromatic nitrogens is 1. The van der Waals surface area contributed by atoms with Gasteiger partial charge < -0.3 is 35.9 Å². The Labute approximate surface area is 137 Å². The maximum Gasteiger partial charge on any atom is 0.251 e. The number of hydrogen-bond acceptors (Lipinski definition) is 6. The minimum absolute atomic E-state index is 0.115. The quantitative estimate of drug-likeness (QED) is 0.421. The van der Waals surface area contributed by atoms with Crippen molar-refractivity contribution in [2.24, 2.45) is 5.73 Å². The van der Waals surface area contributed by atoms with Crippen molar-refractivity contribution in [3.63, 3.8) is 0 Å². The molecule has 0 aliphatic carbocycles. The molecule has 2 aromatic rings. The number of nitrogens with two attached hydrogens (primary N) is 1. The van der Waals surface area contributed by atoms with Crippen LogP contribution < -0.4 is 5.73 Å². The molecule has 8 nitrogen and oxygen atoms in total. The van der Waals surface area contributed by atoms with Crippen molar-refractivity contribution in [1.29, 1.82) is 0 Å². The van der Waals surface area contributed by atoms with Crippen LogP contribution in [0.5, 0.6) is 0 Å². The second kappa shape index (κ2) is 5.83. The fraction of sp³-hybridized carbons (Fsp3) is 0.438. The molecule has 0 radical (unpaired) electrons. The van der Waals surface area contributed by atoms with Gasteiger partial charge in [-0.25, -0.2) is 0 Å². The largest absolute Gasteiger partial charge is 0.394 e. The fourth-order valence-electron chi connectivity index (χ4n) is 3.32. The van der Waals surface area contributed by atoms with E-state index in [0.717, 1.165) is 0 Å². The number of fused-ring (bicyclic) bond motifs is 1. The molecule has 1 saturated heterocycles. The van der Waals surface area contributed by atoms with Crippen LogP contribution in [-0.2, 0) is 10.2 Å². The number of aliphatic hydroxyl groups is 4. The summed E-state index contributed by atoms with van der Waals surface area (Å²) in [4.78, 5) is 15.0. The van der Waals surface area contributed by atoms with Gasteiger partial charge in [-0.1, -0.05) is 18.2 Å². The van der Waals surface area contributed by atoms with E-state index in [1.54, 1.807) is 24.3 Å². The summed E-state index contributed by atoms with van der Waals surface area (Å²) in [6.45, 7) is 0.886. The summed E-state index contributed by atoms with van der Waals surface area (Å²) in [6, 6.07) is 6.91. The van der Waals surface area contributed by atoms with E-state index in [-0.39, 0.29) is 11.3 Å². The third-order valence-electron chi connectivity index (χ3n) is 4.81. The van der Waals surface area contributed by atoms with Gasteiger partial charge in [0, 0.05) is 16.6 Å². The molecule has 0 bridgehead atoms. The Hall–Kier alpha value is -1.97. The Morgan fingerprint density at radius 3 is 2.62 bits per heavy atom. The lowest BCUT2D eigenvalue weighted by Crippen LogP contribution is -2.63. The van der Waals surface area contributed by atoms with Crippen molar-refractivity contribution < 1.29 is 30.0 Å². The monoisotopic (exact) mass is 336 g/mol. The van der Waals surface area contributed by atoms with E-state index >= 15 is 0 Å². The van der Waals surface area contributed by atoms with Crippen molar-refractivity contribution in [2.75, 3.05) is 6.61 Å². The molecule has 1 amide bonds. The van der Waals surface area contributed by atoms with E-state index in [1.807, 2.05) is 0 Å². The smallest absolute Gasteiger partial charge is 0.251 e. The summed E-state index contributed by atoms with van der Waals surface area (Å²) in [5.41, 5.74) is 4.84. The molecule has 8 heteroatoms. The first-order chi connectivity index (χ1) is 11.3. The SMILES string of the molecule is C[C@]1(c2[nH]c3ccccc3c2C(N)=O)C(O)O[C@H](CO)[C@@H](O)[C@@H]1O. The van der Waals surface area contributed by atoms with E-state index in [1.165, 1.54) is 6.92 Å². The molecule has 1 aliphatic heterocycles. The van der Waals surface area contributed by atoms with Crippen LogP contribution in [0.1, 0.15) is 23.0 Å². The van der Waals surface area contributed by atoms with E-state index in [2.05, 4.69) is 4.98 Å². The second-order valence-electron chi connectivity index (χ2n) is 6.21. The number of rotatable bonds is 3. The lowest BCUT2D eigenvalue weighted by molar-refractivity contribution is -0.278. The first-order valence-electron chi connectivity index (χ1n) is 7.53. The number of benzene rings is 1. The number of para-hydroxylation sites is 1. The predicted molar refractivity (Wildman–Crippen MR) is 84.1 cm³/mol. The highest BCUT2D eigenvalue weighted by molar-refractivity contribution is 6.07. The van der Waals surface area contributed by atoms with Gasteiger partial charge in [0.25, 0.3) is 5.91 Å². The molecule has 1 fully saturated rings. The maximum atomic E-state index is 12.0. The summed E-state index contributed by atoms with van der Waals surface area (Å²) in [6.07, 6.45) is -5.65. The van der Waals surface area contributed by atoms with Crippen molar-refractivity contribution >= 4 is 16.8 Å². The van der Waals surface area contributed by atoms with Crippen LogP contribution in [-0.4, -0.2) is 62.5 Å². The summed E-state index contributed by atoms with van der Waals surface area (Å²) in [5, 5.41) is 40.9. The van der Waals surface area contributed by atoms with Crippen molar-refractivity contribution in [3.05, 3.63) is 35.5 Å². The van der Waals surface area contributed by atoms with E-state index in [9.17, 15) is 25.2 Å². The lowest BCUT2D eigenvalue weighted by atomic mass is 9.73. The Bertz CT molecular complexity index is 775. The van der Waals surface area contributed by atoms with Crippen molar-refractivity contribution in [2.45, 2.75) is 36.9 Å². The molecule has 2 heterocycles. The van der Waals surface area contributed by atoms with Gasteiger partial charge in [0.05, 0.1) is 23.7 Å². The Morgan fingerprint density at radius 1 is 1.33 bits per heavy atom. The van der Waals surface area contributed by atoms with Crippen LogP contribution in [0.2, 0.25) is 0 Å². The molecule has 7 N–H and O–H groups in total. The minimum atomic E-state index is -1.57. The van der Waals surface area contributed by atoms with Crippen molar-refractivity contribution in [1.82, 2.24) is 4.98 Å². The summed E-state index contributed by atoms with van der Waals surface area (Å²) in [7, 11) is 0. The van der Waals surface area contributed by atoms with Gasteiger partial charge in [-0.3, -0.25) is 4.79 Å². The van der Waals surface area contributed by atoms with E-state index in [0.29, 0.717) is 10.9 Å². The molecule has 3 rings (SSSR count). The highest BCUT2D eigenvalue weighted by Gasteiger charge is 2.55. The molecular formula is C16H20N2O6. The van der Waals surface area contributed by atoms with Crippen LogP contribution in [0.4, 0.5) is 0 Å². The number of hydrogen-bond donors (Lipinski definition) is 6. The average molecular weight is 336 g/mol. The van der Waals surface area contributed by atoms with Gasteiger partial charge in [0.1, 0.15) is 12.2 Å². The standard InChI is InChI=1S/C16H20N2O6/c1-16(13(21)11(20)9(6-19)24-15(16)23)12-10(14(17)22)7-4-2-3-5-8(7)18-12/h2-5,9,11,13,15,18-21,23H,6H2,1H3,(H2,17,22)/t9-,11-,13+,15?,16-/m1/s1. The number of aromatic amines is 1. The zero-order valence-corrected chi connectivity index (χ0v) is 13.0. The number of carbonyl (C=O) groups is 1. The first kappa shape index (κ1) is 16.9. The normalized spacial score (nSPS) is 33.7. The molecule has 5 atom stereocenters. The summed E-state index contributed by atoms with van der Waals surface area (Å²) in [5.74, 6) is -0.734. The van der Waals surface area contributed by atoms with Crippen LogP contribution in [0.15, 0.2) is 24.3 Å². The Balaban J connectivity index is 2.21. The molecule has 0 spiro atoms. The first-order valence-corrected chi connectivity index (χ1v) is 7.53. The Kier molecular flexibility index (Phi) is 4.10. The predicted octanol–water partition coefficient (Wildman–Crippen LogP) is -1.04. The zero-order chi connectivity index (χ0) is 17.6. The van der Waals surface area contributed by atoms with Gasteiger partial charge >= 0.3 is 0 Å². The molecule has 130 valence electrons. The number of ether oxygens (including phenoxy) is 1. The Morgan fingerprint density at radius 2 is 2.00 bits per heavy atom. The van der Waals surface area contributed by atoms with E-state index in [4.69, 9.17) is 10.5 Å². The summed E-state index contributed by atoms with van der Waals surface area (Å²) < 4.78 is 5.24. The van der Waals surface area contributed by atoms with Gasteiger partial charge in [-0.15, -0.1) is 0 Å². The lowest BCUT2D eigenvalue weighted by Gasteiger charge is -2.47. The number of nitrogens with one attached hydrogen (secondary N) is 1.